The van der Waals surface area contributed by atoms with Gasteiger partial charge in [0, 0.05) is 4.88 Å². The Morgan fingerprint density at radius 1 is 1.27 bits per heavy atom. The minimum absolute atomic E-state index is 0.188. The standard InChI is InChI=1S/C15H16N2O4S/c1-2-11-14(10-6-4-3-5-7-10)17(15(21)22-11)9-12(18)16-8-13(19)20/h3-7H,2,8-9H2,1H3,(H,16,18)(H,19,20). The van der Waals surface area contributed by atoms with E-state index in [0.717, 1.165) is 27.5 Å². The number of aromatic nitrogens is 1. The number of nitrogens with zero attached hydrogens (tertiary/aromatic N) is 1. The van der Waals surface area contributed by atoms with Crippen LogP contribution in [0.25, 0.3) is 11.3 Å². The molecule has 0 spiro atoms. The summed E-state index contributed by atoms with van der Waals surface area (Å²) in [5.74, 6) is -1.62. The zero-order chi connectivity index (χ0) is 16.1. The van der Waals surface area contributed by atoms with Crippen molar-refractivity contribution in [3.8, 4) is 11.3 Å². The van der Waals surface area contributed by atoms with Crippen molar-refractivity contribution in [2.75, 3.05) is 6.54 Å². The summed E-state index contributed by atoms with van der Waals surface area (Å²) in [5.41, 5.74) is 1.59. The van der Waals surface area contributed by atoms with E-state index in [-0.39, 0.29) is 11.4 Å². The van der Waals surface area contributed by atoms with Crippen molar-refractivity contribution >= 4 is 23.2 Å². The second-order valence-corrected chi connectivity index (χ2v) is 5.66. The van der Waals surface area contributed by atoms with E-state index in [2.05, 4.69) is 5.32 Å². The SMILES string of the molecule is CCc1sc(=O)n(CC(=O)NCC(=O)O)c1-c1ccccc1. The lowest BCUT2D eigenvalue weighted by atomic mass is 10.1. The van der Waals surface area contributed by atoms with Gasteiger partial charge in [-0.15, -0.1) is 0 Å². The van der Waals surface area contributed by atoms with E-state index in [9.17, 15) is 14.4 Å². The first kappa shape index (κ1) is 16.0. The molecule has 2 rings (SSSR count). The van der Waals surface area contributed by atoms with Crippen molar-refractivity contribution in [1.82, 2.24) is 9.88 Å². The molecule has 0 aliphatic carbocycles. The Hall–Kier alpha value is -2.41. The molecule has 0 saturated heterocycles. The fourth-order valence-electron chi connectivity index (χ4n) is 2.12. The average Bonchev–Trinajstić information content (AvgIpc) is 2.82. The van der Waals surface area contributed by atoms with Gasteiger partial charge in [-0.2, -0.15) is 0 Å². The molecule has 0 fully saturated rings. The predicted octanol–water partition coefficient (Wildman–Crippen LogP) is 1.34. The highest BCUT2D eigenvalue weighted by molar-refractivity contribution is 7.09. The molecule has 2 aromatic rings. The second kappa shape index (κ2) is 7.04. The third-order valence-corrected chi connectivity index (χ3v) is 4.20. The molecule has 0 saturated carbocycles. The van der Waals surface area contributed by atoms with E-state index in [4.69, 9.17) is 5.11 Å². The average molecular weight is 320 g/mol. The Morgan fingerprint density at radius 2 is 1.95 bits per heavy atom. The molecular weight excluding hydrogens is 304 g/mol. The van der Waals surface area contributed by atoms with Gasteiger partial charge in [0.2, 0.25) is 5.91 Å². The first-order valence-corrected chi connectivity index (χ1v) is 7.61. The Labute approximate surface area is 131 Å². The number of amides is 1. The fourth-order valence-corrected chi connectivity index (χ4v) is 3.07. The van der Waals surface area contributed by atoms with Gasteiger partial charge in [-0.1, -0.05) is 48.6 Å². The van der Waals surface area contributed by atoms with Gasteiger partial charge in [0.15, 0.2) is 0 Å². The van der Waals surface area contributed by atoms with Crippen LogP contribution in [-0.4, -0.2) is 28.1 Å². The summed E-state index contributed by atoms with van der Waals surface area (Å²) in [6, 6.07) is 9.37. The monoisotopic (exact) mass is 320 g/mol. The molecule has 1 amide bonds. The molecule has 2 N–H and O–H groups in total. The number of carbonyl (C=O) groups is 2. The third-order valence-electron chi connectivity index (χ3n) is 3.07. The van der Waals surface area contributed by atoms with Crippen molar-refractivity contribution in [2.45, 2.75) is 19.9 Å². The van der Waals surface area contributed by atoms with Gasteiger partial charge in [-0.3, -0.25) is 19.0 Å². The molecule has 0 atom stereocenters. The van der Waals surface area contributed by atoms with Crippen LogP contribution in [-0.2, 0) is 22.6 Å². The van der Waals surface area contributed by atoms with Crippen LogP contribution in [0.4, 0.5) is 0 Å². The Balaban J connectivity index is 2.35. The van der Waals surface area contributed by atoms with E-state index in [1.807, 2.05) is 37.3 Å². The Bertz CT molecular complexity index is 734. The quantitative estimate of drug-likeness (QED) is 0.840. The van der Waals surface area contributed by atoms with Gasteiger partial charge < -0.3 is 10.4 Å². The maximum atomic E-state index is 12.2. The lowest BCUT2D eigenvalue weighted by molar-refractivity contribution is -0.138. The van der Waals surface area contributed by atoms with E-state index >= 15 is 0 Å². The highest BCUT2D eigenvalue weighted by atomic mass is 32.1. The summed E-state index contributed by atoms with van der Waals surface area (Å²) in [7, 11) is 0. The first-order chi connectivity index (χ1) is 10.5. The number of nitrogens with one attached hydrogen (secondary N) is 1. The number of rotatable bonds is 6. The van der Waals surface area contributed by atoms with E-state index < -0.39 is 18.4 Å². The molecule has 1 aromatic heterocycles. The number of carbonyl (C=O) groups excluding carboxylic acids is 1. The van der Waals surface area contributed by atoms with E-state index in [1.165, 1.54) is 4.57 Å². The molecule has 0 aliphatic heterocycles. The maximum Gasteiger partial charge on any atom is 0.322 e. The van der Waals surface area contributed by atoms with Crippen LogP contribution in [0.5, 0.6) is 0 Å². The van der Waals surface area contributed by atoms with Gasteiger partial charge in [0.05, 0.1) is 5.69 Å². The van der Waals surface area contributed by atoms with Gasteiger partial charge in [0.25, 0.3) is 0 Å². The second-order valence-electron chi connectivity index (χ2n) is 4.62. The molecule has 116 valence electrons. The van der Waals surface area contributed by atoms with Crippen molar-refractivity contribution in [3.63, 3.8) is 0 Å². The van der Waals surface area contributed by atoms with Crippen molar-refractivity contribution in [1.29, 1.82) is 0 Å². The van der Waals surface area contributed by atoms with E-state index in [0.29, 0.717) is 6.42 Å². The normalized spacial score (nSPS) is 10.4. The molecular formula is C15H16N2O4S. The van der Waals surface area contributed by atoms with Crippen molar-refractivity contribution < 1.29 is 14.7 Å². The Kier molecular flexibility index (Phi) is 5.11. The highest BCUT2D eigenvalue weighted by Crippen LogP contribution is 2.26. The minimum atomic E-state index is -1.12. The van der Waals surface area contributed by atoms with Crippen LogP contribution in [0, 0.1) is 0 Å². The zero-order valence-electron chi connectivity index (χ0n) is 12.0. The number of carboxylic acids is 1. The molecule has 0 bridgehead atoms. The van der Waals surface area contributed by atoms with Crippen molar-refractivity contribution in [3.05, 3.63) is 44.9 Å². The van der Waals surface area contributed by atoms with Crippen LogP contribution in [0.3, 0.4) is 0 Å². The van der Waals surface area contributed by atoms with Crippen LogP contribution < -0.4 is 10.2 Å². The summed E-state index contributed by atoms with van der Waals surface area (Å²) < 4.78 is 1.40. The minimum Gasteiger partial charge on any atom is -0.480 e. The summed E-state index contributed by atoms with van der Waals surface area (Å²) in [6.45, 7) is 1.30. The molecule has 7 heteroatoms. The molecule has 0 radical (unpaired) electrons. The van der Waals surface area contributed by atoms with Crippen LogP contribution in [0.15, 0.2) is 35.1 Å². The lowest BCUT2D eigenvalue weighted by Crippen LogP contribution is -2.34. The van der Waals surface area contributed by atoms with Crippen LogP contribution >= 0.6 is 11.3 Å². The van der Waals surface area contributed by atoms with E-state index in [1.54, 1.807) is 0 Å². The number of benzene rings is 1. The zero-order valence-corrected chi connectivity index (χ0v) is 12.9. The lowest BCUT2D eigenvalue weighted by Gasteiger charge is -2.09. The number of hydrogen-bond donors (Lipinski definition) is 2. The smallest absolute Gasteiger partial charge is 0.322 e. The molecule has 22 heavy (non-hydrogen) atoms. The van der Waals surface area contributed by atoms with Gasteiger partial charge in [0.1, 0.15) is 13.1 Å². The van der Waals surface area contributed by atoms with Crippen LogP contribution in [0.2, 0.25) is 0 Å². The topological polar surface area (TPSA) is 88.4 Å². The van der Waals surface area contributed by atoms with Crippen LogP contribution in [0.1, 0.15) is 11.8 Å². The number of aliphatic carboxylic acids is 1. The van der Waals surface area contributed by atoms with Crippen molar-refractivity contribution in [2.24, 2.45) is 0 Å². The molecule has 6 nitrogen and oxygen atoms in total. The van der Waals surface area contributed by atoms with Gasteiger partial charge >= 0.3 is 10.8 Å². The first-order valence-electron chi connectivity index (χ1n) is 6.79. The number of carboxylic acid groups (broad SMARTS) is 1. The summed E-state index contributed by atoms with van der Waals surface area (Å²) >= 11 is 1.11. The van der Waals surface area contributed by atoms with Gasteiger partial charge in [-0.05, 0) is 12.0 Å². The molecule has 0 aliphatic rings. The summed E-state index contributed by atoms with van der Waals surface area (Å²) in [4.78, 5) is 35.1. The molecule has 1 aromatic carbocycles. The summed E-state index contributed by atoms with van der Waals surface area (Å²) in [6.07, 6.45) is 0.688. The van der Waals surface area contributed by atoms with Gasteiger partial charge in [-0.25, -0.2) is 0 Å². The number of hydrogen-bond acceptors (Lipinski definition) is 4. The molecule has 0 unspecified atom stereocenters. The number of aryl methyl sites for hydroxylation is 1. The maximum absolute atomic E-state index is 12.2. The summed E-state index contributed by atoms with van der Waals surface area (Å²) in [5, 5.41) is 10.8. The highest BCUT2D eigenvalue weighted by Gasteiger charge is 2.17. The number of thiazole rings is 1. The largest absolute Gasteiger partial charge is 0.480 e. The Morgan fingerprint density at radius 3 is 2.55 bits per heavy atom. The molecule has 1 heterocycles. The fraction of sp³-hybridized carbons (Fsp3) is 0.267. The third kappa shape index (κ3) is 3.62. The predicted molar refractivity (Wildman–Crippen MR) is 84.0 cm³/mol.